The zero-order valence-electron chi connectivity index (χ0n) is 7.89. The first-order valence-corrected chi connectivity index (χ1v) is 4.92. The summed E-state index contributed by atoms with van der Waals surface area (Å²) in [7, 11) is 0. The minimum Gasteiger partial charge on any atom is -0.330 e. The molecule has 2 heterocycles. The predicted molar refractivity (Wildman–Crippen MR) is 70.1 cm³/mol. The molecule has 2 rings (SSSR count). The van der Waals surface area contributed by atoms with Crippen LogP contribution in [0.4, 0.5) is 0 Å². The van der Waals surface area contributed by atoms with E-state index in [0.717, 1.165) is 22.2 Å². The van der Waals surface area contributed by atoms with E-state index in [0.29, 0.717) is 6.54 Å². The number of halogens is 3. The van der Waals surface area contributed by atoms with Crippen LogP contribution < -0.4 is 5.73 Å². The van der Waals surface area contributed by atoms with Gasteiger partial charge in [0.15, 0.2) is 0 Å². The first kappa shape index (κ1) is 14.7. The number of imidazole rings is 1. The van der Waals surface area contributed by atoms with Crippen LogP contribution in [0.1, 0.15) is 5.69 Å². The van der Waals surface area contributed by atoms with Gasteiger partial charge in [0.05, 0.1) is 0 Å². The highest BCUT2D eigenvalue weighted by Gasteiger charge is 2.01. The third-order valence-corrected chi connectivity index (χ3v) is 2.42. The molecular weight excluding hydrogens is 301 g/mol. The van der Waals surface area contributed by atoms with Crippen molar-refractivity contribution in [3.63, 3.8) is 0 Å². The molecule has 0 atom stereocenters. The maximum absolute atomic E-state index is 5.50. The fourth-order valence-electron chi connectivity index (χ4n) is 1.34. The number of hydrogen-bond acceptors (Lipinski definition) is 2. The van der Waals surface area contributed by atoms with E-state index >= 15 is 0 Å². The smallest absolute Gasteiger partial charge is 0.136 e. The first-order valence-electron chi connectivity index (χ1n) is 4.13. The molecule has 0 fully saturated rings. The van der Waals surface area contributed by atoms with Gasteiger partial charge in [0, 0.05) is 29.0 Å². The lowest BCUT2D eigenvalue weighted by atomic mass is 10.3. The fourth-order valence-corrected chi connectivity index (χ4v) is 1.67. The van der Waals surface area contributed by atoms with Gasteiger partial charge in [-0.15, -0.1) is 24.8 Å². The van der Waals surface area contributed by atoms with Gasteiger partial charge in [0.1, 0.15) is 5.65 Å². The normalized spacial score (nSPS) is 9.47. The number of aromatic nitrogens is 2. The second kappa shape index (κ2) is 6.33. The van der Waals surface area contributed by atoms with E-state index in [9.17, 15) is 0 Å². The molecule has 3 nitrogen and oxygen atoms in total. The highest BCUT2D eigenvalue weighted by Crippen LogP contribution is 2.13. The van der Waals surface area contributed by atoms with E-state index in [4.69, 9.17) is 5.73 Å². The maximum Gasteiger partial charge on any atom is 0.136 e. The third kappa shape index (κ3) is 3.08. The second-order valence-corrected chi connectivity index (χ2v) is 3.78. The number of pyridine rings is 1. The summed E-state index contributed by atoms with van der Waals surface area (Å²) in [5.41, 5.74) is 7.61. The Labute approximate surface area is 109 Å². The van der Waals surface area contributed by atoms with Crippen LogP contribution in [0.25, 0.3) is 5.65 Å². The van der Waals surface area contributed by atoms with E-state index in [-0.39, 0.29) is 24.8 Å². The molecule has 6 heteroatoms. The molecule has 0 amide bonds. The lowest BCUT2D eigenvalue weighted by Crippen LogP contribution is -2.04. The Kier molecular flexibility index (Phi) is 6.20. The molecule has 2 aromatic heterocycles. The summed E-state index contributed by atoms with van der Waals surface area (Å²) in [5.74, 6) is 0. The van der Waals surface area contributed by atoms with E-state index in [1.165, 1.54) is 0 Å². The molecule has 0 spiro atoms. The number of hydrogen-bond donors (Lipinski definition) is 1. The van der Waals surface area contributed by atoms with E-state index in [1.807, 2.05) is 24.5 Å². The van der Waals surface area contributed by atoms with Crippen LogP contribution in [0.2, 0.25) is 0 Å². The molecule has 0 bridgehead atoms. The Balaban J connectivity index is 0.000000980. The van der Waals surface area contributed by atoms with Gasteiger partial charge in [-0.3, -0.25) is 0 Å². The van der Waals surface area contributed by atoms with Crippen molar-refractivity contribution < 1.29 is 0 Å². The average Bonchev–Trinajstić information content (AvgIpc) is 2.49. The van der Waals surface area contributed by atoms with Crippen LogP contribution in [0.3, 0.4) is 0 Å². The van der Waals surface area contributed by atoms with E-state index in [1.54, 1.807) is 0 Å². The van der Waals surface area contributed by atoms with E-state index < -0.39 is 0 Å². The summed E-state index contributed by atoms with van der Waals surface area (Å²) in [5, 5.41) is 0. The number of fused-ring (bicyclic) bond motifs is 1. The van der Waals surface area contributed by atoms with Crippen molar-refractivity contribution in [1.82, 2.24) is 9.38 Å². The van der Waals surface area contributed by atoms with Crippen LogP contribution in [0, 0.1) is 0 Å². The zero-order valence-corrected chi connectivity index (χ0v) is 11.1. The molecule has 15 heavy (non-hydrogen) atoms. The van der Waals surface area contributed by atoms with Crippen molar-refractivity contribution in [2.45, 2.75) is 6.42 Å². The first-order chi connectivity index (χ1) is 6.31. The van der Waals surface area contributed by atoms with Crippen molar-refractivity contribution in [2.75, 3.05) is 6.54 Å². The molecule has 0 saturated heterocycles. The molecular formula is C9H12BrCl2N3. The molecule has 0 aliphatic rings. The average molecular weight is 313 g/mol. The standard InChI is InChI=1S/C9H10BrN3.2ClH/c10-7-1-2-9-12-5-8(3-4-11)13(9)6-7;;/h1-2,5-6H,3-4,11H2;2*1H. The van der Waals surface area contributed by atoms with Gasteiger partial charge in [-0.25, -0.2) is 4.98 Å². The molecule has 0 saturated carbocycles. The summed E-state index contributed by atoms with van der Waals surface area (Å²) in [6.45, 7) is 0.653. The Morgan fingerprint density at radius 1 is 1.33 bits per heavy atom. The quantitative estimate of drug-likeness (QED) is 0.925. The number of nitrogens with zero attached hydrogens (tertiary/aromatic N) is 2. The molecule has 0 radical (unpaired) electrons. The molecule has 0 aliphatic heterocycles. The monoisotopic (exact) mass is 311 g/mol. The summed E-state index contributed by atoms with van der Waals surface area (Å²) < 4.78 is 3.10. The Hall–Kier alpha value is -0.290. The summed E-state index contributed by atoms with van der Waals surface area (Å²) in [6, 6.07) is 3.96. The van der Waals surface area contributed by atoms with Crippen LogP contribution in [0.5, 0.6) is 0 Å². The van der Waals surface area contributed by atoms with Crippen LogP contribution in [-0.4, -0.2) is 15.9 Å². The van der Waals surface area contributed by atoms with Crippen molar-refractivity contribution in [3.8, 4) is 0 Å². The summed E-state index contributed by atoms with van der Waals surface area (Å²) in [6.07, 6.45) is 4.74. The Morgan fingerprint density at radius 3 is 2.73 bits per heavy atom. The van der Waals surface area contributed by atoms with Crippen LogP contribution in [0.15, 0.2) is 29.0 Å². The number of nitrogens with two attached hydrogens (primary N) is 1. The van der Waals surface area contributed by atoms with Crippen molar-refractivity contribution in [1.29, 1.82) is 0 Å². The van der Waals surface area contributed by atoms with Gasteiger partial charge < -0.3 is 10.1 Å². The lowest BCUT2D eigenvalue weighted by molar-refractivity contribution is 0.904. The van der Waals surface area contributed by atoms with Crippen LogP contribution >= 0.6 is 40.7 Å². The summed E-state index contributed by atoms with van der Waals surface area (Å²) in [4.78, 5) is 4.26. The maximum atomic E-state index is 5.50. The Morgan fingerprint density at radius 2 is 2.07 bits per heavy atom. The topological polar surface area (TPSA) is 43.3 Å². The minimum absolute atomic E-state index is 0. The van der Waals surface area contributed by atoms with E-state index in [2.05, 4.69) is 25.3 Å². The Bertz CT molecular complexity index is 430. The van der Waals surface area contributed by atoms with Gasteiger partial charge >= 0.3 is 0 Å². The van der Waals surface area contributed by atoms with Crippen LogP contribution in [-0.2, 0) is 6.42 Å². The lowest BCUT2D eigenvalue weighted by Gasteiger charge is -1.99. The SMILES string of the molecule is Cl.Cl.NCCc1cnc2ccc(Br)cn12. The molecule has 0 unspecified atom stereocenters. The highest BCUT2D eigenvalue weighted by molar-refractivity contribution is 9.10. The number of rotatable bonds is 2. The molecule has 84 valence electrons. The van der Waals surface area contributed by atoms with Gasteiger partial charge in [0.2, 0.25) is 0 Å². The summed E-state index contributed by atoms with van der Waals surface area (Å²) >= 11 is 3.42. The van der Waals surface area contributed by atoms with Crippen molar-refractivity contribution in [3.05, 3.63) is 34.7 Å². The molecule has 0 aliphatic carbocycles. The predicted octanol–water partition coefficient (Wildman–Crippen LogP) is 2.44. The second-order valence-electron chi connectivity index (χ2n) is 2.86. The minimum atomic E-state index is 0. The zero-order chi connectivity index (χ0) is 9.26. The molecule has 2 N–H and O–H groups in total. The van der Waals surface area contributed by atoms with Crippen molar-refractivity contribution >= 4 is 46.4 Å². The van der Waals surface area contributed by atoms with Crippen molar-refractivity contribution in [2.24, 2.45) is 5.73 Å². The van der Waals surface area contributed by atoms with Gasteiger partial charge in [-0.1, -0.05) is 0 Å². The van der Waals surface area contributed by atoms with Gasteiger partial charge in [-0.2, -0.15) is 0 Å². The molecule has 2 aromatic rings. The van der Waals surface area contributed by atoms with Gasteiger partial charge in [0.25, 0.3) is 0 Å². The largest absolute Gasteiger partial charge is 0.330 e. The van der Waals surface area contributed by atoms with Gasteiger partial charge in [-0.05, 0) is 34.6 Å². The third-order valence-electron chi connectivity index (χ3n) is 1.95. The molecule has 0 aromatic carbocycles. The fraction of sp³-hybridized carbons (Fsp3) is 0.222. The highest BCUT2D eigenvalue weighted by atomic mass is 79.9.